The Hall–Kier alpha value is -2.32. The van der Waals surface area contributed by atoms with Crippen LogP contribution in [-0.4, -0.2) is 30.3 Å². The van der Waals surface area contributed by atoms with E-state index in [-0.39, 0.29) is 19.0 Å². The van der Waals surface area contributed by atoms with Crippen molar-refractivity contribution in [1.29, 1.82) is 0 Å². The van der Waals surface area contributed by atoms with Crippen molar-refractivity contribution in [2.24, 2.45) is 5.73 Å². The Kier molecular flexibility index (Phi) is 4.59. The molecule has 0 aliphatic heterocycles. The first-order chi connectivity index (χ1) is 11.2. The molecule has 0 bridgehead atoms. The van der Waals surface area contributed by atoms with Crippen LogP contribution in [0.2, 0.25) is 0 Å². The number of benzene rings is 1. The molecule has 2 heterocycles. The van der Waals surface area contributed by atoms with E-state index in [9.17, 15) is 0 Å². The zero-order chi connectivity index (χ0) is 15.7. The predicted octanol–water partition coefficient (Wildman–Crippen LogP) is 1.92. The fraction of sp³-hybridized carbons (Fsp3) is 0.400. The fourth-order valence-electron chi connectivity index (χ4n) is 2.88. The Bertz CT molecular complexity index is 795. The van der Waals surface area contributed by atoms with Crippen LogP contribution in [0.15, 0.2) is 34.9 Å². The maximum Gasteiger partial charge on any atom is 0.250 e. The minimum absolute atomic E-state index is 0. The van der Waals surface area contributed by atoms with Gasteiger partial charge in [-0.3, -0.25) is 0 Å². The van der Waals surface area contributed by atoms with E-state index in [1.807, 2.05) is 30.3 Å². The van der Waals surface area contributed by atoms with Gasteiger partial charge in [0.05, 0.1) is 5.54 Å². The summed E-state index contributed by atoms with van der Waals surface area (Å²) in [7, 11) is 0. The van der Waals surface area contributed by atoms with Crippen LogP contribution in [0.4, 0.5) is 0 Å². The molecule has 24 heavy (non-hydrogen) atoms. The molecule has 0 amide bonds. The van der Waals surface area contributed by atoms with E-state index in [1.54, 1.807) is 0 Å². The van der Waals surface area contributed by atoms with E-state index in [1.165, 1.54) is 4.80 Å². The molecule has 1 aromatic carbocycles. The lowest BCUT2D eigenvalue weighted by Gasteiger charge is -2.17. The highest BCUT2D eigenvalue weighted by atomic mass is 35.5. The number of hydrogen-bond acceptors (Lipinski definition) is 7. The Morgan fingerprint density at radius 1 is 1.17 bits per heavy atom. The van der Waals surface area contributed by atoms with E-state index >= 15 is 0 Å². The monoisotopic (exact) mass is 347 g/mol. The number of nitrogens with zero attached hydrogens (tertiary/aromatic N) is 6. The molecule has 2 N–H and O–H groups in total. The van der Waals surface area contributed by atoms with Crippen LogP contribution in [-0.2, 0) is 12.1 Å². The molecule has 1 fully saturated rings. The number of aromatic nitrogens is 6. The molecule has 126 valence electrons. The van der Waals surface area contributed by atoms with Gasteiger partial charge in [-0.2, -0.15) is 9.78 Å². The summed E-state index contributed by atoms with van der Waals surface area (Å²) in [5.74, 6) is 1.58. The first-order valence-electron chi connectivity index (χ1n) is 7.68. The second-order valence-corrected chi connectivity index (χ2v) is 5.88. The average Bonchev–Trinajstić information content (AvgIpc) is 3.30. The van der Waals surface area contributed by atoms with E-state index in [2.05, 4.69) is 25.6 Å². The van der Waals surface area contributed by atoms with Crippen LogP contribution in [0.25, 0.3) is 11.4 Å². The Morgan fingerprint density at radius 2 is 1.92 bits per heavy atom. The Morgan fingerprint density at radius 3 is 2.67 bits per heavy atom. The number of hydrogen-bond donors (Lipinski definition) is 1. The highest BCUT2D eigenvalue weighted by Gasteiger charge is 2.36. The molecule has 0 spiro atoms. The van der Waals surface area contributed by atoms with Gasteiger partial charge in [0, 0.05) is 5.56 Å². The average molecular weight is 348 g/mol. The third-order valence-corrected chi connectivity index (χ3v) is 4.17. The van der Waals surface area contributed by atoms with Gasteiger partial charge in [-0.25, -0.2) is 0 Å². The van der Waals surface area contributed by atoms with Crippen LogP contribution >= 0.6 is 12.4 Å². The summed E-state index contributed by atoms with van der Waals surface area (Å²) in [6.07, 6.45) is 3.99. The van der Waals surface area contributed by atoms with Gasteiger partial charge in [0.2, 0.25) is 11.7 Å². The molecule has 2 aromatic heterocycles. The van der Waals surface area contributed by atoms with Crippen molar-refractivity contribution < 1.29 is 4.52 Å². The van der Waals surface area contributed by atoms with Crippen molar-refractivity contribution in [2.45, 2.75) is 37.8 Å². The molecule has 8 nitrogen and oxygen atoms in total. The smallest absolute Gasteiger partial charge is 0.250 e. The van der Waals surface area contributed by atoms with Gasteiger partial charge in [-0.15, -0.1) is 22.6 Å². The minimum atomic E-state index is -0.452. The summed E-state index contributed by atoms with van der Waals surface area (Å²) in [6.45, 7) is 0.281. The molecule has 9 heteroatoms. The van der Waals surface area contributed by atoms with Gasteiger partial charge < -0.3 is 10.3 Å². The lowest BCUT2D eigenvalue weighted by Crippen LogP contribution is -2.34. The van der Waals surface area contributed by atoms with Gasteiger partial charge in [0.25, 0.3) is 0 Å². The van der Waals surface area contributed by atoms with E-state index < -0.39 is 5.54 Å². The number of tetrazole rings is 1. The predicted molar refractivity (Wildman–Crippen MR) is 88.2 cm³/mol. The molecule has 0 atom stereocenters. The maximum atomic E-state index is 6.33. The van der Waals surface area contributed by atoms with Gasteiger partial charge in [-0.1, -0.05) is 48.3 Å². The first kappa shape index (κ1) is 16.5. The summed E-state index contributed by atoms with van der Waals surface area (Å²) in [6, 6.07) is 9.68. The van der Waals surface area contributed by atoms with Crippen LogP contribution in [0, 0.1) is 0 Å². The van der Waals surface area contributed by atoms with Crippen LogP contribution < -0.4 is 5.73 Å². The highest BCUT2D eigenvalue weighted by molar-refractivity contribution is 5.85. The fourth-order valence-corrected chi connectivity index (χ4v) is 2.88. The Labute approximate surface area is 144 Å². The zero-order valence-electron chi connectivity index (χ0n) is 13.0. The summed E-state index contributed by atoms with van der Waals surface area (Å²) >= 11 is 0. The molecule has 1 aliphatic rings. The minimum Gasteiger partial charge on any atom is -0.337 e. The molecule has 0 unspecified atom stereocenters. The van der Waals surface area contributed by atoms with Crippen molar-refractivity contribution in [3.05, 3.63) is 42.0 Å². The van der Waals surface area contributed by atoms with Crippen molar-refractivity contribution >= 4 is 12.4 Å². The van der Waals surface area contributed by atoms with E-state index in [4.69, 9.17) is 10.3 Å². The van der Waals surface area contributed by atoms with Crippen molar-refractivity contribution in [2.75, 3.05) is 0 Å². The molecular formula is C15H18ClN7O. The number of nitrogens with two attached hydrogens (primary N) is 1. The second-order valence-electron chi connectivity index (χ2n) is 5.88. The van der Waals surface area contributed by atoms with E-state index in [0.717, 1.165) is 31.2 Å². The van der Waals surface area contributed by atoms with Gasteiger partial charge >= 0.3 is 0 Å². The second kappa shape index (κ2) is 6.66. The van der Waals surface area contributed by atoms with Crippen LogP contribution in [0.1, 0.15) is 37.4 Å². The third-order valence-electron chi connectivity index (χ3n) is 4.17. The van der Waals surface area contributed by atoms with Crippen LogP contribution in [0.3, 0.4) is 0 Å². The third kappa shape index (κ3) is 3.15. The normalized spacial score (nSPS) is 16.0. The summed E-state index contributed by atoms with van der Waals surface area (Å²) in [5.41, 5.74) is 6.79. The summed E-state index contributed by atoms with van der Waals surface area (Å²) < 4.78 is 5.29. The highest BCUT2D eigenvalue weighted by Crippen LogP contribution is 2.34. The Balaban J connectivity index is 0.00000169. The van der Waals surface area contributed by atoms with Crippen molar-refractivity contribution in [3.63, 3.8) is 0 Å². The van der Waals surface area contributed by atoms with Crippen molar-refractivity contribution in [3.8, 4) is 11.4 Å². The molecule has 4 rings (SSSR count). The quantitative estimate of drug-likeness (QED) is 0.767. The standard InChI is InChI=1S/C15H17N7O.ClH/c16-15(8-4-5-9-15)14-17-12(23-20-14)10-22-19-13(18-21-22)11-6-2-1-3-7-11;/h1-3,6-7H,4-5,8-10,16H2;1H. The molecule has 0 saturated heterocycles. The van der Waals surface area contributed by atoms with Crippen LogP contribution in [0.5, 0.6) is 0 Å². The maximum absolute atomic E-state index is 6.33. The molecule has 3 aromatic rings. The SMILES string of the molecule is Cl.NC1(c2noc(Cn3nnc(-c4ccccc4)n3)n2)CCCC1. The van der Waals surface area contributed by atoms with Gasteiger partial charge in [0.15, 0.2) is 5.82 Å². The molecular weight excluding hydrogens is 330 g/mol. The molecule has 1 saturated carbocycles. The largest absolute Gasteiger partial charge is 0.337 e. The molecule has 1 aliphatic carbocycles. The van der Waals surface area contributed by atoms with Gasteiger partial charge in [-0.05, 0) is 18.1 Å². The van der Waals surface area contributed by atoms with Crippen molar-refractivity contribution in [1.82, 2.24) is 30.3 Å². The first-order valence-corrected chi connectivity index (χ1v) is 7.68. The summed E-state index contributed by atoms with van der Waals surface area (Å²) in [4.78, 5) is 5.85. The topological polar surface area (TPSA) is 109 Å². The molecule has 0 radical (unpaired) electrons. The van der Waals surface area contributed by atoms with Gasteiger partial charge in [0.1, 0.15) is 6.54 Å². The van der Waals surface area contributed by atoms with E-state index in [0.29, 0.717) is 17.5 Å². The lowest BCUT2D eigenvalue weighted by molar-refractivity contribution is 0.336. The summed E-state index contributed by atoms with van der Waals surface area (Å²) in [5, 5.41) is 16.4. The zero-order valence-corrected chi connectivity index (χ0v) is 13.8. The number of rotatable bonds is 4. The number of halogens is 1. The lowest BCUT2D eigenvalue weighted by atomic mass is 9.99.